The highest BCUT2D eigenvalue weighted by Crippen LogP contribution is 2.34. The van der Waals surface area contributed by atoms with Crippen LogP contribution in [0, 0.1) is 13.8 Å². The monoisotopic (exact) mass is 289 g/mol. The van der Waals surface area contributed by atoms with Crippen molar-refractivity contribution in [3.05, 3.63) is 28.8 Å². The van der Waals surface area contributed by atoms with Gasteiger partial charge in [0.1, 0.15) is 12.3 Å². The maximum Gasteiger partial charge on any atom is 0.323 e. The van der Waals surface area contributed by atoms with Crippen molar-refractivity contribution in [1.29, 1.82) is 0 Å². The van der Waals surface area contributed by atoms with Crippen molar-refractivity contribution in [3.63, 3.8) is 0 Å². The number of carbonyl (C=O) groups is 2. The molecule has 1 fully saturated rings. The lowest BCUT2D eigenvalue weighted by atomic mass is 10.0. The van der Waals surface area contributed by atoms with E-state index >= 15 is 0 Å². The van der Waals surface area contributed by atoms with Crippen molar-refractivity contribution in [2.75, 3.05) is 6.54 Å². The minimum Gasteiger partial charge on any atom is -0.480 e. The fraction of sp³-hybridized carbons (Fsp3) is 0.500. The number of aryl methyl sites for hydroxylation is 2. The number of carboxylic acid groups (broad SMARTS) is 1. The number of rotatable bonds is 4. The molecule has 3 rings (SSSR count). The summed E-state index contributed by atoms with van der Waals surface area (Å²) in [4.78, 5) is 24.9. The molecule has 1 aromatic carbocycles. The molecular weight excluding hydrogens is 270 g/mol. The standard InChI is InChI=1S/C16H19NO4/c1-9-5-11-7-14(21-13(11)6-10(9)2)16(20)17(8-15(18)19)12-3-4-12/h5-6,12,14H,3-4,7-8H2,1-2H3,(H,18,19). The van der Waals surface area contributed by atoms with Gasteiger partial charge in [-0.3, -0.25) is 9.59 Å². The highest BCUT2D eigenvalue weighted by Gasteiger charge is 2.40. The summed E-state index contributed by atoms with van der Waals surface area (Å²) in [6.45, 7) is 3.80. The topological polar surface area (TPSA) is 66.8 Å². The summed E-state index contributed by atoms with van der Waals surface area (Å²) in [6, 6.07) is 4.08. The van der Waals surface area contributed by atoms with Gasteiger partial charge in [0, 0.05) is 12.5 Å². The molecule has 1 N–H and O–H groups in total. The van der Waals surface area contributed by atoms with E-state index in [4.69, 9.17) is 9.84 Å². The first-order chi connectivity index (χ1) is 9.95. The van der Waals surface area contributed by atoms with Crippen LogP contribution in [0.4, 0.5) is 0 Å². The molecule has 112 valence electrons. The Morgan fingerprint density at radius 1 is 1.29 bits per heavy atom. The molecule has 1 aliphatic heterocycles. The van der Waals surface area contributed by atoms with Gasteiger partial charge in [-0.25, -0.2) is 0 Å². The van der Waals surface area contributed by atoms with Crippen molar-refractivity contribution in [2.45, 2.75) is 45.3 Å². The lowest BCUT2D eigenvalue weighted by Crippen LogP contribution is -2.45. The number of nitrogens with zero attached hydrogens (tertiary/aromatic N) is 1. The first kappa shape index (κ1) is 13.9. The normalized spacial score (nSPS) is 19.8. The van der Waals surface area contributed by atoms with Crippen LogP contribution < -0.4 is 4.74 Å². The molecule has 0 bridgehead atoms. The highest BCUT2D eigenvalue weighted by atomic mass is 16.5. The second-order valence-electron chi connectivity index (χ2n) is 5.95. The lowest BCUT2D eigenvalue weighted by molar-refractivity contribution is -0.148. The van der Waals surface area contributed by atoms with Crippen LogP contribution in [-0.2, 0) is 16.0 Å². The van der Waals surface area contributed by atoms with Crippen LogP contribution in [0.2, 0.25) is 0 Å². The molecule has 0 aromatic heterocycles. The summed E-state index contributed by atoms with van der Waals surface area (Å²) in [5, 5.41) is 8.96. The van der Waals surface area contributed by atoms with Gasteiger partial charge in [-0.2, -0.15) is 0 Å². The molecule has 21 heavy (non-hydrogen) atoms. The third kappa shape index (κ3) is 2.73. The van der Waals surface area contributed by atoms with E-state index in [2.05, 4.69) is 6.07 Å². The predicted octanol–water partition coefficient (Wildman–Crippen LogP) is 1.68. The minimum absolute atomic E-state index is 0.0735. The lowest BCUT2D eigenvalue weighted by Gasteiger charge is -2.23. The van der Waals surface area contributed by atoms with E-state index in [0.717, 1.165) is 29.7 Å². The van der Waals surface area contributed by atoms with E-state index in [0.29, 0.717) is 6.42 Å². The Kier molecular flexibility index (Phi) is 3.35. The second kappa shape index (κ2) is 5.06. The molecule has 1 heterocycles. The maximum atomic E-state index is 12.5. The van der Waals surface area contributed by atoms with Crippen LogP contribution in [0.1, 0.15) is 29.5 Å². The number of benzene rings is 1. The van der Waals surface area contributed by atoms with E-state index in [-0.39, 0.29) is 18.5 Å². The number of hydrogen-bond acceptors (Lipinski definition) is 3. The molecule has 1 aromatic rings. The van der Waals surface area contributed by atoms with E-state index in [1.165, 1.54) is 10.5 Å². The zero-order chi connectivity index (χ0) is 15.1. The Labute approximate surface area is 123 Å². The zero-order valence-electron chi connectivity index (χ0n) is 12.3. The van der Waals surface area contributed by atoms with Crippen molar-refractivity contribution < 1.29 is 19.4 Å². The quantitative estimate of drug-likeness (QED) is 0.916. The van der Waals surface area contributed by atoms with Crippen LogP contribution in [0.15, 0.2) is 12.1 Å². The molecular formula is C16H19NO4. The highest BCUT2D eigenvalue weighted by molar-refractivity contribution is 5.86. The maximum absolute atomic E-state index is 12.5. The molecule has 1 saturated carbocycles. The molecule has 1 unspecified atom stereocenters. The number of amides is 1. The van der Waals surface area contributed by atoms with Gasteiger partial charge in [0.15, 0.2) is 6.10 Å². The van der Waals surface area contributed by atoms with Crippen molar-refractivity contribution in [1.82, 2.24) is 4.90 Å². The number of carboxylic acids is 1. The Hall–Kier alpha value is -2.04. The fourth-order valence-electron chi connectivity index (χ4n) is 2.75. The summed E-state index contributed by atoms with van der Waals surface area (Å²) < 4.78 is 5.76. The Bertz CT molecular complexity index is 576. The zero-order valence-corrected chi connectivity index (χ0v) is 12.3. The molecule has 1 aliphatic carbocycles. The molecule has 5 heteroatoms. The van der Waals surface area contributed by atoms with E-state index in [9.17, 15) is 9.59 Å². The number of carbonyl (C=O) groups excluding carboxylic acids is 1. The van der Waals surface area contributed by atoms with Gasteiger partial charge in [-0.1, -0.05) is 6.07 Å². The summed E-state index contributed by atoms with van der Waals surface area (Å²) in [5.41, 5.74) is 3.34. The molecule has 1 amide bonds. The molecule has 2 aliphatic rings. The number of hydrogen-bond donors (Lipinski definition) is 1. The summed E-state index contributed by atoms with van der Waals surface area (Å²) in [5.74, 6) is -0.425. The summed E-state index contributed by atoms with van der Waals surface area (Å²) >= 11 is 0. The van der Waals surface area contributed by atoms with Gasteiger partial charge in [0.05, 0.1) is 0 Å². The number of aliphatic carboxylic acids is 1. The summed E-state index contributed by atoms with van der Waals surface area (Å²) in [7, 11) is 0. The largest absolute Gasteiger partial charge is 0.480 e. The molecule has 0 spiro atoms. The van der Waals surface area contributed by atoms with Gasteiger partial charge < -0.3 is 14.7 Å². The average Bonchev–Trinajstić information content (AvgIpc) is 3.17. The SMILES string of the molecule is Cc1cc2c(cc1C)OC(C(=O)N(CC(=O)O)C1CC1)C2. The Balaban J connectivity index is 1.76. The first-order valence-electron chi connectivity index (χ1n) is 7.24. The van der Waals surface area contributed by atoms with Crippen molar-refractivity contribution >= 4 is 11.9 Å². The number of ether oxygens (including phenoxy) is 1. The van der Waals surface area contributed by atoms with Crippen LogP contribution in [0.3, 0.4) is 0 Å². The molecule has 1 atom stereocenters. The summed E-state index contributed by atoms with van der Waals surface area (Å²) in [6.07, 6.45) is 1.72. The van der Waals surface area contributed by atoms with Crippen LogP contribution in [0.25, 0.3) is 0 Å². The van der Waals surface area contributed by atoms with Gasteiger partial charge in [-0.15, -0.1) is 0 Å². The van der Waals surface area contributed by atoms with Gasteiger partial charge in [-0.05, 0) is 49.4 Å². The van der Waals surface area contributed by atoms with E-state index in [1.807, 2.05) is 19.9 Å². The third-order valence-corrected chi connectivity index (χ3v) is 4.20. The van der Waals surface area contributed by atoms with Crippen molar-refractivity contribution in [3.8, 4) is 5.75 Å². The smallest absolute Gasteiger partial charge is 0.323 e. The predicted molar refractivity (Wildman–Crippen MR) is 76.4 cm³/mol. The Morgan fingerprint density at radius 2 is 1.95 bits per heavy atom. The average molecular weight is 289 g/mol. The Morgan fingerprint density at radius 3 is 2.57 bits per heavy atom. The molecule has 0 saturated heterocycles. The van der Waals surface area contributed by atoms with Gasteiger partial charge >= 0.3 is 5.97 Å². The van der Waals surface area contributed by atoms with Crippen LogP contribution in [-0.4, -0.2) is 40.6 Å². The molecule has 0 radical (unpaired) electrons. The van der Waals surface area contributed by atoms with Gasteiger partial charge in [0.2, 0.25) is 0 Å². The second-order valence-corrected chi connectivity index (χ2v) is 5.95. The minimum atomic E-state index is -0.975. The van der Waals surface area contributed by atoms with E-state index in [1.54, 1.807) is 0 Å². The third-order valence-electron chi connectivity index (χ3n) is 4.20. The van der Waals surface area contributed by atoms with Crippen LogP contribution in [0.5, 0.6) is 5.75 Å². The van der Waals surface area contributed by atoms with Crippen molar-refractivity contribution in [2.24, 2.45) is 0 Å². The van der Waals surface area contributed by atoms with E-state index < -0.39 is 12.1 Å². The van der Waals surface area contributed by atoms with Crippen LogP contribution >= 0.6 is 0 Å². The number of fused-ring (bicyclic) bond motifs is 1. The van der Waals surface area contributed by atoms with Gasteiger partial charge in [0.25, 0.3) is 5.91 Å². The first-order valence-corrected chi connectivity index (χ1v) is 7.24. The molecule has 5 nitrogen and oxygen atoms in total. The fourth-order valence-corrected chi connectivity index (χ4v) is 2.75.